The second kappa shape index (κ2) is 6.37. The van der Waals surface area contributed by atoms with Crippen molar-refractivity contribution < 1.29 is 9.59 Å². The van der Waals surface area contributed by atoms with E-state index in [1.54, 1.807) is 21.1 Å². The predicted molar refractivity (Wildman–Crippen MR) is 75.5 cm³/mol. The van der Waals surface area contributed by atoms with Gasteiger partial charge in [0.05, 0.1) is 12.0 Å². The van der Waals surface area contributed by atoms with Crippen LogP contribution in [0.15, 0.2) is 0 Å². The first-order valence-electron chi connectivity index (χ1n) is 6.98. The van der Waals surface area contributed by atoms with Gasteiger partial charge in [-0.05, 0) is 31.6 Å². The minimum atomic E-state index is -0.451. The van der Waals surface area contributed by atoms with Gasteiger partial charge in [0.15, 0.2) is 0 Å². The number of nitrogens with two attached hydrogens (primary N) is 1. The number of nitrogens with zero attached hydrogens (tertiary/aromatic N) is 2. The van der Waals surface area contributed by atoms with Gasteiger partial charge in [0.1, 0.15) is 0 Å². The van der Waals surface area contributed by atoms with Gasteiger partial charge in [-0.15, -0.1) is 0 Å². The molecule has 1 aliphatic carbocycles. The van der Waals surface area contributed by atoms with E-state index in [9.17, 15) is 9.59 Å². The van der Waals surface area contributed by atoms with E-state index in [1.807, 2.05) is 0 Å². The third-order valence-corrected chi connectivity index (χ3v) is 4.29. The average Bonchev–Trinajstić information content (AvgIpc) is 2.39. The Balaban J connectivity index is 2.70. The fraction of sp³-hybridized carbons (Fsp3) is 0.857. The first kappa shape index (κ1) is 16.0. The molecule has 0 aromatic heterocycles. The van der Waals surface area contributed by atoms with Crippen molar-refractivity contribution >= 4 is 11.8 Å². The summed E-state index contributed by atoms with van der Waals surface area (Å²) < 4.78 is 0. The first-order chi connectivity index (χ1) is 8.82. The minimum Gasteiger partial charge on any atom is -0.347 e. The molecule has 0 atom stereocenters. The smallest absolute Gasteiger partial charge is 0.241 e. The van der Waals surface area contributed by atoms with Crippen molar-refractivity contribution in [1.82, 2.24) is 9.80 Å². The molecule has 1 fully saturated rings. The zero-order valence-corrected chi connectivity index (χ0v) is 12.6. The summed E-state index contributed by atoms with van der Waals surface area (Å²) in [5.74, 6) is 0.630. The van der Waals surface area contributed by atoms with Gasteiger partial charge in [-0.1, -0.05) is 6.92 Å². The molecule has 2 N–H and O–H groups in total. The molecule has 0 aromatic carbocycles. The van der Waals surface area contributed by atoms with Crippen LogP contribution in [0.1, 0.15) is 32.6 Å². The van der Waals surface area contributed by atoms with Crippen molar-refractivity contribution in [3.05, 3.63) is 0 Å². The Kier molecular flexibility index (Phi) is 5.35. The number of amides is 2. The van der Waals surface area contributed by atoms with Crippen LogP contribution < -0.4 is 5.73 Å². The lowest BCUT2D eigenvalue weighted by Crippen LogP contribution is -2.50. The lowest BCUT2D eigenvalue weighted by Gasteiger charge is -2.39. The van der Waals surface area contributed by atoms with Gasteiger partial charge in [-0.25, -0.2) is 0 Å². The van der Waals surface area contributed by atoms with Crippen LogP contribution in [-0.4, -0.2) is 55.8 Å². The zero-order chi connectivity index (χ0) is 14.6. The number of hydrogen-bond donors (Lipinski definition) is 1. The summed E-state index contributed by atoms with van der Waals surface area (Å²) in [5, 5.41) is 0. The van der Waals surface area contributed by atoms with E-state index in [4.69, 9.17) is 5.73 Å². The van der Waals surface area contributed by atoms with Crippen molar-refractivity contribution in [1.29, 1.82) is 0 Å². The standard InChI is InChI=1S/C14H27N3O2/c1-11-5-7-14(10-15,8-6-11)13(19)17(4)9-12(18)16(2)3/h11H,5-10,15H2,1-4H3. The molecule has 0 unspecified atom stereocenters. The fourth-order valence-electron chi connectivity index (χ4n) is 2.64. The summed E-state index contributed by atoms with van der Waals surface area (Å²) in [6, 6.07) is 0. The predicted octanol–water partition coefficient (Wildman–Crippen LogP) is 0.688. The summed E-state index contributed by atoms with van der Waals surface area (Å²) >= 11 is 0. The highest BCUT2D eigenvalue weighted by Gasteiger charge is 2.41. The zero-order valence-electron chi connectivity index (χ0n) is 12.6. The van der Waals surface area contributed by atoms with Crippen molar-refractivity contribution in [3.8, 4) is 0 Å². The van der Waals surface area contributed by atoms with Crippen molar-refractivity contribution in [2.75, 3.05) is 34.2 Å². The summed E-state index contributed by atoms with van der Waals surface area (Å²) in [5.41, 5.74) is 5.42. The van der Waals surface area contributed by atoms with Crippen LogP contribution in [0.25, 0.3) is 0 Å². The molecule has 1 aliphatic rings. The summed E-state index contributed by atoms with van der Waals surface area (Å²) in [7, 11) is 5.09. The van der Waals surface area contributed by atoms with Gasteiger partial charge in [0.25, 0.3) is 0 Å². The van der Waals surface area contributed by atoms with Crippen LogP contribution >= 0.6 is 0 Å². The molecule has 0 heterocycles. The van der Waals surface area contributed by atoms with E-state index in [1.165, 1.54) is 9.80 Å². The summed E-state index contributed by atoms with van der Waals surface area (Å²) in [6.45, 7) is 2.71. The minimum absolute atomic E-state index is 0.0251. The Bertz CT molecular complexity index is 334. The van der Waals surface area contributed by atoms with Crippen LogP contribution in [0.3, 0.4) is 0 Å². The Morgan fingerprint density at radius 2 is 1.74 bits per heavy atom. The Labute approximate surface area is 116 Å². The Morgan fingerprint density at radius 3 is 2.16 bits per heavy atom. The van der Waals surface area contributed by atoms with Gasteiger partial charge in [-0.3, -0.25) is 9.59 Å². The van der Waals surface area contributed by atoms with E-state index in [-0.39, 0.29) is 18.4 Å². The molecular formula is C14H27N3O2. The van der Waals surface area contributed by atoms with Crippen molar-refractivity contribution in [2.24, 2.45) is 17.1 Å². The average molecular weight is 269 g/mol. The largest absolute Gasteiger partial charge is 0.347 e. The molecule has 1 rings (SSSR count). The maximum atomic E-state index is 12.6. The number of rotatable bonds is 4. The lowest BCUT2D eigenvalue weighted by atomic mass is 9.70. The maximum Gasteiger partial charge on any atom is 0.241 e. The summed E-state index contributed by atoms with van der Waals surface area (Å²) in [4.78, 5) is 27.3. The van der Waals surface area contributed by atoms with Gasteiger partial charge in [0, 0.05) is 27.7 Å². The van der Waals surface area contributed by atoms with E-state index < -0.39 is 5.41 Å². The number of likely N-dealkylation sites (N-methyl/N-ethyl adjacent to an activating group) is 2. The molecule has 0 aromatic rings. The third-order valence-electron chi connectivity index (χ3n) is 4.29. The van der Waals surface area contributed by atoms with Gasteiger partial charge in [0.2, 0.25) is 11.8 Å². The molecule has 2 amide bonds. The number of hydrogen-bond acceptors (Lipinski definition) is 3. The maximum absolute atomic E-state index is 12.6. The molecule has 0 aliphatic heterocycles. The van der Waals surface area contributed by atoms with Crippen LogP contribution in [-0.2, 0) is 9.59 Å². The molecule has 0 spiro atoms. The fourth-order valence-corrected chi connectivity index (χ4v) is 2.64. The molecule has 0 radical (unpaired) electrons. The van der Waals surface area contributed by atoms with Crippen LogP contribution in [0.5, 0.6) is 0 Å². The molecule has 0 bridgehead atoms. The second-order valence-electron chi connectivity index (χ2n) is 6.12. The molecule has 1 saturated carbocycles. The van der Waals surface area contributed by atoms with E-state index in [0.717, 1.165) is 25.7 Å². The molecule has 110 valence electrons. The van der Waals surface area contributed by atoms with Gasteiger partial charge >= 0.3 is 0 Å². The van der Waals surface area contributed by atoms with Crippen molar-refractivity contribution in [3.63, 3.8) is 0 Å². The molecule has 0 saturated heterocycles. The highest BCUT2D eigenvalue weighted by atomic mass is 16.2. The summed E-state index contributed by atoms with van der Waals surface area (Å²) in [6.07, 6.45) is 3.75. The number of carbonyl (C=O) groups is 2. The SMILES string of the molecule is CC1CCC(CN)(C(=O)N(C)CC(=O)N(C)C)CC1. The Morgan fingerprint density at radius 1 is 1.21 bits per heavy atom. The highest BCUT2D eigenvalue weighted by Crippen LogP contribution is 2.39. The first-order valence-corrected chi connectivity index (χ1v) is 6.98. The molecule has 5 heteroatoms. The van der Waals surface area contributed by atoms with Crippen molar-refractivity contribution in [2.45, 2.75) is 32.6 Å². The Hall–Kier alpha value is -1.10. The van der Waals surface area contributed by atoms with Gasteiger partial charge < -0.3 is 15.5 Å². The van der Waals surface area contributed by atoms with E-state index in [2.05, 4.69) is 6.92 Å². The van der Waals surface area contributed by atoms with Crippen LogP contribution in [0, 0.1) is 11.3 Å². The topological polar surface area (TPSA) is 66.6 Å². The van der Waals surface area contributed by atoms with Crippen LogP contribution in [0.4, 0.5) is 0 Å². The third kappa shape index (κ3) is 3.69. The van der Waals surface area contributed by atoms with Gasteiger partial charge in [-0.2, -0.15) is 0 Å². The highest BCUT2D eigenvalue weighted by molar-refractivity contribution is 5.87. The molecule has 5 nitrogen and oxygen atoms in total. The monoisotopic (exact) mass is 269 g/mol. The quantitative estimate of drug-likeness (QED) is 0.816. The molecule has 19 heavy (non-hydrogen) atoms. The second-order valence-corrected chi connectivity index (χ2v) is 6.12. The lowest BCUT2D eigenvalue weighted by molar-refractivity contribution is -0.146. The number of carbonyl (C=O) groups excluding carboxylic acids is 2. The van der Waals surface area contributed by atoms with Crippen LogP contribution in [0.2, 0.25) is 0 Å². The van der Waals surface area contributed by atoms with E-state index >= 15 is 0 Å². The normalized spacial score (nSPS) is 26.9. The van der Waals surface area contributed by atoms with E-state index in [0.29, 0.717) is 12.5 Å². The molecular weight excluding hydrogens is 242 g/mol.